The molecule has 3 aromatic rings. The Kier molecular flexibility index (Phi) is 7.42. The molecular formula is C25H19BrClNO4S. The predicted octanol–water partition coefficient (Wildman–Crippen LogP) is 6.93. The Morgan fingerprint density at radius 3 is 2.52 bits per heavy atom. The van der Waals surface area contributed by atoms with Gasteiger partial charge >= 0.3 is 0 Å². The molecule has 4 rings (SSSR count). The minimum atomic E-state index is -0.347. The van der Waals surface area contributed by atoms with Crippen molar-refractivity contribution in [1.82, 2.24) is 4.90 Å². The van der Waals surface area contributed by atoms with E-state index in [0.717, 1.165) is 27.4 Å². The molecule has 168 valence electrons. The molecule has 0 aromatic heterocycles. The standard InChI is InChI=1S/C25H19BrClNO4S/c1-31-21-12-17(11-20(27)23(21)32-15-16-7-3-2-4-8-16)13-22-24(29)28(25(30)33-22)14-18-9-5-6-10-19(18)26/h2-13H,14-15H2,1H3/b22-13-. The van der Waals surface area contributed by atoms with E-state index >= 15 is 0 Å². The fourth-order valence-electron chi connectivity index (χ4n) is 3.28. The summed E-state index contributed by atoms with van der Waals surface area (Å²) in [6.45, 7) is 0.532. The van der Waals surface area contributed by atoms with Crippen LogP contribution in [-0.2, 0) is 17.9 Å². The number of rotatable bonds is 7. The van der Waals surface area contributed by atoms with E-state index in [1.807, 2.05) is 54.6 Å². The number of benzene rings is 3. The number of carbonyl (C=O) groups excluding carboxylic acids is 2. The maximum Gasteiger partial charge on any atom is 0.293 e. The zero-order valence-corrected chi connectivity index (χ0v) is 20.7. The van der Waals surface area contributed by atoms with E-state index in [4.69, 9.17) is 21.1 Å². The van der Waals surface area contributed by atoms with Gasteiger partial charge in [0.15, 0.2) is 11.5 Å². The van der Waals surface area contributed by atoms with Gasteiger partial charge in [-0.05, 0) is 52.7 Å². The van der Waals surface area contributed by atoms with Crippen LogP contribution in [0.1, 0.15) is 16.7 Å². The van der Waals surface area contributed by atoms with Crippen molar-refractivity contribution in [3.05, 3.63) is 97.8 Å². The van der Waals surface area contributed by atoms with Crippen molar-refractivity contribution in [2.45, 2.75) is 13.2 Å². The topological polar surface area (TPSA) is 55.8 Å². The smallest absolute Gasteiger partial charge is 0.293 e. The van der Waals surface area contributed by atoms with E-state index in [2.05, 4.69) is 15.9 Å². The summed E-state index contributed by atoms with van der Waals surface area (Å²) in [7, 11) is 1.52. The third-order valence-corrected chi connectivity index (χ3v) is 6.90. The second-order valence-corrected chi connectivity index (χ2v) is 9.42. The van der Waals surface area contributed by atoms with Crippen LogP contribution in [0.25, 0.3) is 6.08 Å². The normalized spacial score (nSPS) is 14.8. The van der Waals surface area contributed by atoms with Crippen LogP contribution in [0.2, 0.25) is 5.02 Å². The third kappa shape index (κ3) is 5.43. The quantitative estimate of drug-likeness (QED) is 0.302. The number of ether oxygens (including phenoxy) is 2. The van der Waals surface area contributed by atoms with Gasteiger partial charge < -0.3 is 9.47 Å². The maximum absolute atomic E-state index is 12.9. The Labute approximate surface area is 209 Å². The molecule has 3 aromatic carbocycles. The summed E-state index contributed by atoms with van der Waals surface area (Å²) in [6, 6.07) is 20.6. The molecule has 0 radical (unpaired) electrons. The van der Waals surface area contributed by atoms with Crippen molar-refractivity contribution in [3.8, 4) is 11.5 Å². The second-order valence-electron chi connectivity index (χ2n) is 7.17. The van der Waals surface area contributed by atoms with Gasteiger partial charge in [-0.2, -0.15) is 0 Å². The summed E-state index contributed by atoms with van der Waals surface area (Å²) in [4.78, 5) is 27.0. The number of nitrogens with zero attached hydrogens (tertiary/aromatic N) is 1. The number of hydrogen-bond acceptors (Lipinski definition) is 5. The van der Waals surface area contributed by atoms with Crippen LogP contribution in [0, 0.1) is 0 Å². The van der Waals surface area contributed by atoms with Crippen molar-refractivity contribution in [3.63, 3.8) is 0 Å². The first-order chi connectivity index (χ1) is 16.0. The van der Waals surface area contributed by atoms with Gasteiger partial charge in [-0.1, -0.05) is 76.1 Å². The zero-order chi connectivity index (χ0) is 23.4. The SMILES string of the molecule is COc1cc(/C=C2\SC(=O)N(Cc3ccccc3Br)C2=O)cc(Cl)c1OCc1ccccc1. The van der Waals surface area contributed by atoms with Gasteiger partial charge in [0.2, 0.25) is 0 Å². The molecule has 5 nitrogen and oxygen atoms in total. The van der Waals surface area contributed by atoms with Crippen LogP contribution in [0.3, 0.4) is 0 Å². The van der Waals surface area contributed by atoms with E-state index in [9.17, 15) is 9.59 Å². The molecule has 0 spiro atoms. The molecule has 0 bridgehead atoms. The first-order valence-corrected chi connectivity index (χ1v) is 12.0. The third-order valence-electron chi connectivity index (χ3n) is 4.94. The van der Waals surface area contributed by atoms with Gasteiger partial charge in [0.1, 0.15) is 6.61 Å². The highest BCUT2D eigenvalue weighted by Crippen LogP contribution is 2.39. The number of imide groups is 1. The molecule has 0 aliphatic carbocycles. The van der Waals surface area contributed by atoms with Crippen molar-refractivity contribution >= 4 is 56.5 Å². The van der Waals surface area contributed by atoms with Crippen LogP contribution < -0.4 is 9.47 Å². The predicted molar refractivity (Wildman–Crippen MR) is 134 cm³/mol. The van der Waals surface area contributed by atoms with Crippen LogP contribution in [0.15, 0.2) is 76.1 Å². The number of hydrogen-bond donors (Lipinski definition) is 0. The van der Waals surface area contributed by atoms with Crippen molar-refractivity contribution in [2.75, 3.05) is 7.11 Å². The zero-order valence-electron chi connectivity index (χ0n) is 17.6. The lowest BCUT2D eigenvalue weighted by atomic mass is 10.1. The lowest BCUT2D eigenvalue weighted by Crippen LogP contribution is -2.27. The molecule has 8 heteroatoms. The van der Waals surface area contributed by atoms with E-state index in [0.29, 0.717) is 33.6 Å². The Bertz CT molecular complexity index is 1230. The molecule has 1 fully saturated rings. The minimum absolute atomic E-state index is 0.194. The Balaban J connectivity index is 1.54. The summed E-state index contributed by atoms with van der Waals surface area (Å²) < 4.78 is 12.2. The number of halogens is 2. The molecule has 1 aliphatic rings. The van der Waals surface area contributed by atoms with Gasteiger partial charge in [0, 0.05) is 4.47 Å². The highest BCUT2D eigenvalue weighted by atomic mass is 79.9. The van der Waals surface area contributed by atoms with Crippen molar-refractivity contribution in [1.29, 1.82) is 0 Å². The summed E-state index contributed by atoms with van der Waals surface area (Å²) in [6.07, 6.45) is 1.64. The molecule has 0 atom stereocenters. The monoisotopic (exact) mass is 543 g/mol. The maximum atomic E-state index is 12.9. The van der Waals surface area contributed by atoms with E-state index in [1.54, 1.807) is 18.2 Å². The lowest BCUT2D eigenvalue weighted by Gasteiger charge is -2.14. The lowest BCUT2D eigenvalue weighted by molar-refractivity contribution is -0.123. The summed E-state index contributed by atoms with van der Waals surface area (Å²) in [5.41, 5.74) is 2.49. The first kappa shape index (κ1) is 23.4. The number of thioether (sulfide) groups is 1. The van der Waals surface area contributed by atoms with Crippen LogP contribution in [0.4, 0.5) is 4.79 Å². The van der Waals surface area contributed by atoms with Crippen LogP contribution in [-0.4, -0.2) is 23.2 Å². The number of amides is 2. The fraction of sp³-hybridized carbons (Fsp3) is 0.120. The molecule has 1 saturated heterocycles. The highest BCUT2D eigenvalue weighted by molar-refractivity contribution is 9.10. The molecule has 2 amide bonds. The molecule has 1 aliphatic heterocycles. The Hall–Kier alpha value is -2.74. The summed E-state index contributed by atoms with van der Waals surface area (Å²) in [5.74, 6) is 0.513. The first-order valence-electron chi connectivity index (χ1n) is 9.99. The van der Waals surface area contributed by atoms with Gasteiger partial charge in [-0.15, -0.1) is 0 Å². The van der Waals surface area contributed by atoms with Gasteiger partial charge in [0.05, 0.1) is 23.6 Å². The molecule has 0 saturated carbocycles. The molecule has 0 N–H and O–H groups in total. The fourth-order valence-corrected chi connectivity index (χ4v) is 4.80. The van der Waals surface area contributed by atoms with Crippen molar-refractivity contribution in [2.24, 2.45) is 0 Å². The Morgan fingerprint density at radius 1 is 1.06 bits per heavy atom. The average Bonchev–Trinajstić information content (AvgIpc) is 3.07. The molecule has 33 heavy (non-hydrogen) atoms. The molecule has 1 heterocycles. The van der Waals surface area contributed by atoms with E-state index < -0.39 is 0 Å². The number of carbonyl (C=O) groups is 2. The van der Waals surface area contributed by atoms with E-state index in [1.165, 1.54) is 12.0 Å². The molecular weight excluding hydrogens is 526 g/mol. The van der Waals surface area contributed by atoms with Gasteiger partial charge in [-0.25, -0.2) is 0 Å². The highest BCUT2D eigenvalue weighted by Gasteiger charge is 2.35. The van der Waals surface area contributed by atoms with Crippen LogP contribution >= 0.6 is 39.3 Å². The largest absolute Gasteiger partial charge is 0.493 e. The summed E-state index contributed by atoms with van der Waals surface area (Å²) in [5, 5.41) is 0.0341. The number of methoxy groups -OCH3 is 1. The Morgan fingerprint density at radius 2 is 1.79 bits per heavy atom. The minimum Gasteiger partial charge on any atom is -0.493 e. The summed E-state index contributed by atoms with van der Waals surface area (Å²) >= 11 is 10.8. The van der Waals surface area contributed by atoms with Gasteiger partial charge in [-0.3, -0.25) is 14.5 Å². The van der Waals surface area contributed by atoms with Crippen molar-refractivity contribution < 1.29 is 19.1 Å². The second kappa shape index (κ2) is 10.5. The van der Waals surface area contributed by atoms with Crippen LogP contribution in [0.5, 0.6) is 11.5 Å². The van der Waals surface area contributed by atoms with Gasteiger partial charge in [0.25, 0.3) is 11.1 Å². The molecule has 0 unspecified atom stereocenters. The van der Waals surface area contributed by atoms with E-state index in [-0.39, 0.29) is 17.7 Å². The average molecular weight is 545 g/mol.